The number of carbonyl (C=O) groups excluding carboxylic acids is 2. The Morgan fingerprint density at radius 3 is 2.86 bits per heavy atom. The first-order chi connectivity index (χ1) is 13.9. The third kappa shape index (κ3) is 2.75. The molecule has 0 radical (unpaired) electrons. The van der Waals surface area contributed by atoms with E-state index in [4.69, 9.17) is 5.73 Å². The lowest BCUT2D eigenvalue weighted by atomic mass is 9.64. The number of hydrogen-bond acceptors (Lipinski definition) is 4. The van der Waals surface area contributed by atoms with Gasteiger partial charge >= 0.3 is 0 Å². The topological polar surface area (TPSA) is 101 Å². The zero-order valence-electron chi connectivity index (χ0n) is 16.2. The molecule has 1 saturated carbocycles. The SMILES string of the molecule is CN1CC[C@@](O)(C#Cc2cccc(-n3nc(C(N)=O)c4c3C3CC(C4)C3)c2)C1=O. The highest BCUT2D eigenvalue weighted by Gasteiger charge is 2.43. The molecule has 0 spiro atoms. The maximum atomic E-state index is 12.1. The van der Waals surface area contributed by atoms with Crippen LogP contribution in [0.3, 0.4) is 0 Å². The summed E-state index contributed by atoms with van der Waals surface area (Å²) in [5.74, 6) is 5.86. The number of nitrogens with zero attached hydrogens (tertiary/aromatic N) is 3. The molecule has 1 saturated heterocycles. The second kappa shape index (κ2) is 6.19. The van der Waals surface area contributed by atoms with E-state index in [1.807, 2.05) is 28.9 Å². The van der Waals surface area contributed by atoms with Gasteiger partial charge in [0.15, 0.2) is 5.69 Å². The molecule has 1 aliphatic heterocycles. The van der Waals surface area contributed by atoms with Gasteiger partial charge in [-0.25, -0.2) is 4.68 Å². The van der Waals surface area contributed by atoms with Crippen LogP contribution in [-0.2, 0) is 11.2 Å². The Kier molecular flexibility index (Phi) is 3.83. The number of aliphatic hydroxyl groups is 1. The van der Waals surface area contributed by atoms with Gasteiger partial charge in [-0.15, -0.1) is 0 Å². The average molecular weight is 390 g/mol. The van der Waals surface area contributed by atoms with Crippen LogP contribution in [0, 0.1) is 17.8 Å². The summed E-state index contributed by atoms with van der Waals surface area (Å²) in [5.41, 5.74) is 7.84. The summed E-state index contributed by atoms with van der Waals surface area (Å²) in [6.45, 7) is 0.488. The Labute approximate surface area is 168 Å². The van der Waals surface area contributed by atoms with Crippen LogP contribution in [0.25, 0.3) is 5.69 Å². The maximum Gasteiger partial charge on any atom is 0.269 e. The number of aromatic nitrogens is 2. The van der Waals surface area contributed by atoms with Gasteiger partial charge in [-0.2, -0.15) is 5.10 Å². The van der Waals surface area contributed by atoms with Crippen molar-refractivity contribution in [3.63, 3.8) is 0 Å². The van der Waals surface area contributed by atoms with E-state index in [0.717, 1.165) is 36.2 Å². The molecule has 148 valence electrons. The number of likely N-dealkylation sites (tertiary alicyclic amines) is 1. The highest BCUT2D eigenvalue weighted by Crippen LogP contribution is 2.50. The number of nitrogens with two attached hydrogens (primary N) is 1. The number of primary amides is 1. The minimum atomic E-state index is -1.63. The number of carbonyl (C=O) groups is 2. The molecule has 0 unspecified atom stereocenters. The molecule has 2 heterocycles. The van der Waals surface area contributed by atoms with Gasteiger partial charge in [0.1, 0.15) is 0 Å². The van der Waals surface area contributed by atoms with E-state index in [0.29, 0.717) is 36.1 Å². The molecule has 2 fully saturated rings. The molecule has 7 nitrogen and oxygen atoms in total. The molecular weight excluding hydrogens is 368 g/mol. The van der Waals surface area contributed by atoms with Crippen LogP contribution in [0.5, 0.6) is 0 Å². The third-order valence-electron chi connectivity index (χ3n) is 6.39. The molecule has 4 aliphatic rings. The molecule has 7 heteroatoms. The first kappa shape index (κ1) is 18.0. The van der Waals surface area contributed by atoms with Gasteiger partial charge in [0.25, 0.3) is 11.8 Å². The monoisotopic (exact) mass is 390 g/mol. The summed E-state index contributed by atoms with van der Waals surface area (Å²) in [6, 6.07) is 7.46. The van der Waals surface area contributed by atoms with Crippen LogP contribution in [0.4, 0.5) is 0 Å². The molecule has 3 aliphatic carbocycles. The molecule has 6 rings (SSSR count). The standard InChI is InChI=1S/C22H22N4O3/c1-25-8-7-22(29,21(25)28)6-5-13-3-2-4-16(11-13)26-19-15-9-14(10-15)12-17(19)18(24-26)20(23)27/h2-4,11,14-15,29H,7-10,12H2,1H3,(H2,23,27)/t14?,15?,22-/m0/s1. The molecule has 2 amide bonds. The molecule has 29 heavy (non-hydrogen) atoms. The van der Waals surface area contributed by atoms with Crippen LogP contribution in [0.15, 0.2) is 24.3 Å². The van der Waals surface area contributed by atoms with E-state index in [2.05, 4.69) is 16.9 Å². The van der Waals surface area contributed by atoms with E-state index in [9.17, 15) is 14.7 Å². The van der Waals surface area contributed by atoms with Gasteiger partial charge in [0, 0.05) is 37.1 Å². The second-order valence-corrected chi connectivity index (χ2v) is 8.36. The van der Waals surface area contributed by atoms with Crippen molar-refractivity contribution in [1.82, 2.24) is 14.7 Å². The van der Waals surface area contributed by atoms with Crippen LogP contribution in [0.2, 0.25) is 0 Å². The van der Waals surface area contributed by atoms with Gasteiger partial charge in [-0.05, 0) is 43.4 Å². The predicted octanol–water partition coefficient (Wildman–Crippen LogP) is 0.966. The number of benzene rings is 1. The normalized spacial score (nSPS) is 27.1. The molecule has 2 bridgehead atoms. The maximum absolute atomic E-state index is 12.1. The molecule has 1 atom stereocenters. The van der Waals surface area contributed by atoms with Crippen molar-refractivity contribution in [2.45, 2.75) is 37.2 Å². The Balaban J connectivity index is 1.53. The lowest BCUT2D eigenvalue weighted by Gasteiger charge is -2.41. The van der Waals surface area contributed by atoms with E-state index in [1.54, 1.807) is 7.05 Å². The number of rotatable bonds is 2. The summed E-state index contributed by atoms with van der Waals surface area (Å²) < 4.78 is 1.82. The Morgan fingerprint density at radius 2 is 2.17 bits per heavy atom. The molecule has 3 N–H and O–H groups in total. The van der Waals surface area contributed by atoms with Crippen LogP contribution < -0.4 is 5.73 Å². The Morgan fingerprint density at radius 1 is 1.38 bits per heavy atom. The van der Waals surface area contributed by atoms with Gasteiger partial charge in [0.2, 0.25) is 5.60 Å². The molecular formula is C22H22N4O3. The molecule has 1 aromatic heterocycles. The second-order valence-electron chi connectivity index (χ2n) is 8.36. The van der Waals surface area contributed by atoms with E-state index >= 15 is 0 Å². The fraction of sp³-hybridized carbons (Fsp3) is 0.409. The number of hydrogen-bond donors (Lipinski definition) is 2. The first-order valence-electron chi connectivity index (χ1n) is 9.89. The van der Waals surface area contributed by atoms with Gasteiger partial charge < -0.3 is 15.7 Å². The summed E-state index contributed by atoms with van der Waals surface area (Å²) in [7, 11) is 1.66. The highest BCUT2D eigenvalue weighted by atomic mass is 16.3. The minimum absolute atomic E-state index is 0.298. The van der Waals surface area contributed by atoms with Gasteiger partial charge in [-0.1, -0.05) is 17.9 Å². The highest BCUT2D eigenvalue weighted by molar-refractivity contribution is 5.93. The third-order valence-corrected chi connectivity index (χ3v) is 6.39. The van der Waals surface area contributed by atoms with Crippen LogP contribution in [0.1, 0.15) is 52.5 Å². The van der Waals surface area contributed by atoms with Crippen molar-refractivity contribution in [3.8, 4) is 17.5 Å². The van der Waals surface area contributed by atoms with E-state index in [-0.39, 0.29) is 5.91 Å². The Bertz CT molecular complexity index is 1100. The van der Waals surface area contributed by atoms with Crippen molar-refractivity contribution in [3.05, 3.63) is 46.8 Å². The molecule has 2 aromatic rings. The van der Waals surface area contributed by atoms with Crippen molar-refractivity contribution in [2.24, 2.45) is 11.7 Å². The fourth-order valence-electron chi connectivity index (χ4n) is 4.75. The summed E-state index contributed by atoms with van der Waals surface area (Å²) in [6.07, 6.45) is 3.40. The predicted molar refractivity (Wildman–Crippen MR) is 105 cm³/mol. The zero-order chi connectivity index (χ0) is 20.3. The summed E-state index contributed by atoms with van der Waals surface area (Å²) >= 11 is 0. The summed E-state index contributed by atoms with van der Waals surface area (Å²) in [4.78, 5) is 25.5. The molecule has 1 aromatic carbocycles. The largest absolute Gasteiger partial charge is 0.369 e. The van der Waals surface area contributed by atoms with Crippen molar-refractivity contribution in [1.29, 1.82) is 0 Å². The first-order valence-corrected chi connectivity index (χ1v) is 9.89. The lowest BCUT2D eigenvalue weighted by molar-refractivity contribution is -0.137. The smallest absolute Gasteiger partial charge is 0.269 e. The lowest BCUT2D eigenvalue weighted by Crippen LogP contribution is -2.37. The number of likely N-dealkylation sites (N-methyl/N-ethyl adjacent to an activating group) is 1. The van der Waals surface area contributed by atoms with Gasteiger partial charge in [-0.3, -0.25) is 9.59 Å². The fourth-order valence-corrected chi connectivity index (χ4v) is 4.75. The van der Waals surface area contributed by atoms with Crippen LogP contribution >= 0.6 is 0 Å². The van der Waals surface area contributed by atoms with Crippen molar-refractivity contribution >= 4 is 11.8 Å². The average Bonchev–Trinajstić information content (AvgIpc) is 3.20. The quantitative estimate of drug-likeness (QED) is 0.746. The van der Waals surface area contributed by atoms with Gasteiger partial charge in [0.05, 0.1) is 11.4 Å². The minimum Gasteiger partial charge on any atom is -0.369 e. The van der Waals surface area contributed by atoms with E-state index < -0.39 is 11.5 Å². The van der Waals surface area contributed by atoms with Crippen molar-refractivity contribution < 1.29 is 14.7 Å². The number of amides is 2. The summed E-state index contributed by atoms with van der Waals surface area (Å²) in [5, 5.41) is 15.0. The zero-order valence-corrected chi connectivity index (χ0v) is 16.2. The van der Waals surface area contributed by atoms with Crippen LogP contribution in [-0.4, -0.2) is 50.8 Å². The Hall–Kier alpha value is -3.11. The van der Waals surface area contributed by atoms with E-state index in [1.165, 1.54) is 4.90 Å². The van der Waals surface area contributed by atoms with Crippen molar-refractivity contribution in [2.75, 3.05) is 13.6 Å².